The van der Waals surface area contributed by atoms with Gasteiger partial charge >= 0.3 is 0 Å². The van der Waals surface area contributed by atoms with Crippen LogP contribution in [0.1, 0.15) is 68.1 Å². The van der Waals surface area contributed by atoms with Crippen LogP contribution in [-0.2, 0) is 25.8 Å². The number of carbonyl (C=O) groups excluding carboxylic acids is 4. The number of thiazole rings is 1. The number of nitrogens with one attached hydrogen (secondary N) is 5. The van der Waals surface area contributed by atoms with Gasteiger partial charge < -0.3 is 31.3 Å². The zero-order valence-electron chi connectivity index (χ0n) is 33.7. The van der Waals surface area contributed by atoms with Gasteiger partial charge in [0, 0.05) is 29.5 Å². The lowest BCUT2D eigenvalue weighted by Crippen LogP contribution is -2.57. The third-order valence-electron chi connectivity index (χ3n) is 9.76. The average molecular weight is 964 g/mol. The van der Waals surface area contributed by atoms with Crippen molar-refractivity contribution in [1.29, 1.82) is 0 Å². The van der Waals surface area contributed by atoms with Gasteiger partial charge in [0.15, 0.2) is 11.6 Å². The molecule has 0 unspecified atom stereocenters. The maximum atomic E-state index is 14.7. The molecule has 1 fully saturated rings. The Morgan fingerprint density at radius 2 is 1.75 bits per heavy atom. The minimum absolute atomic E-state index is 0.0301. The summed E-state index contributed by atoms with van der Waals surface area (Å²) in [6.07, 6.45) is 0.198. The van der Waals surface area contributed by atoms with Crippen molar-refractivity contribution in [3.05, 3.63) is 98.0 Å². The first-order valence-electron chi connectivity index (χ1n) is 19.4. The molecule has 4 amide bonds. The summed E-state index contributed by atoms with van der Waals surface area (Å²) in [5, 5.41) is 21.9. The second-order valence-electron chi connectivity index (χ2n) is 15.5. The van der Waals surface area contributed by atoms with Gasteiger partial charge in [-0.3, -0.25) is 24.0 Å². The number of carbonyl (C=O) groups is 4. The zero-order chi connectivity index (χ0) is 43.6. The number of aryl methyl sites for hydroxylation is 1. The van der Waals surface area contributed by atoms with E-state index >= 15 is 0 Å². The molecule has 6 N–H and O–H groups in total. The predicted molar refractivity (Wildman–Crippen MR) is 231 cm³/mol. The Morgan fingerprint density at radius 3 is 2.43 bits per heavy atom. The Labute approximate surface area is 364 Å². The van der Waals surface area contributed by atoms with Crippen molar-refractivity contribution in [3.63, 3.8) is 0 Å². The first kappa shape index (κ1) is 46.4. The second kappa shape index (κ2) is 21.2. The topological polar surface area (TPSA) is 174 Å². The summed E-state index contributed by atoms with van der Waals surface area (Å²) < 4.78 is 43.7. The standard InChI is InChI=1S/C42H49F3IN7O6S/c1-24-37(60-23-49-24)26-10-8-25(9-11-26)21-48-40(57)33-20-28(54)22-53(33)41(58)38(42(2,3)4)51-34(55)7-5-16-47-17-6-18-59-52-39(56)29-13-14-30(43)35(45)36(29)50-32-15-12-27(46)19-31(32)44/h8-15,19,23,28,33,38,47,50,54H,5-7,16-18,20-22H2,1-4H3,(H,48,57)(H,51,55)(H,52,56)/t28-,33+,38-/m1/s1. The van der Waals surface area contributed by atoms with E-state index in [0.717, 1.165) is 33.8 Å². The normalized spacial score (nSPS) is 15.7. The van der Waals surface area contributed by atoms with Crippen molar-refractivity contribution in [3.8, 4) is 10.4 Å². The van der Waals surface area contributed by atoms with Crippen molar-refractivity contribution >= 4 is 68.9 Å². The zero-order valence-corrected chi connectivity index (χ0v) is 36.6. The van der Waals surface area contributed by atoms with E-state index in [1.54, 1.807) is 22.9 Å². The molecule has 18 heteroatoms. The van der Waals surface area contributed by atoms with Crippen LogP contribution in [0.3, 0.4) is 0 Å². The summed E-state index contributed by atoms with van der Waals surface area (Å²) in [7, 11) is 0. The number of nitrogens with zero attached hydrogens (tertiary/aromatic N) is 2. The second-order valence-corrected chi connectivity index (χ2v) is 17.6. The highest BCUT2D eigenvalue weighted by Gasteiger charge is 2.44. The largest absolute Gasteiger partial charge is 0.391 e. The van der Waals surface area contributed by atoms with Gasteiger partial charge in [-0.1, -0.05) is 45.0 Å². The van der Waals surface area contributed by atoms with Gasteiger partial charge in [0.2, 0.25) is 17.7 Å². The molecule has 3 atom stereocenters. The molecule has 0 spiro atoms. The molecule has 322 valence electrons. The van der Waals surface area contributed by atoms with Gasteiger partial charge in [-0.25, -0.2) is 23.6 Å². The fraction of sp³-hybridized carbons (Fsp3) is 0.405. The number of hydrogen-bond donors (Lipinski definition) is 6. The summed E-state index contributed by atoms with van der Waals surface area (Å²) in [5.74, 6) is -5.32. The molecular weight excluding hydrogens is 914 g/mol. The molecule has 60 heavy (non-hydrogen) atoms. The number of amides is 4. The molecular formula is C42H49F3IN7O6S. The molecule has 2 heterocycles. The van der Waals surface area contributed by atoms with E-state index in [1.165, 1.54) is 17.0 Å². The Bertz CT molecular complexity index is 2150. The Hall–Kier alpha value is -4.63. The van der Waals surface area contributed by atoms with Gasteiger partial charge in [0.25, 0.3) is 5.91 Å². The Balaban J connectivity index is 1.02. The fourth-order valence-corrected chi connectivity index (χ4v) is 7.81. The van der Waals surface area contributed by atoms with Gasteiger partial charge in [0.05, 0.1) is 45.7 Å². The number of β-amino-alcohol motifs (C(OH)–C–C–N with tert-alkyl or cyclic N) is 1. The van der Waals surface area contributed by atoms with E-state index in [-0.39, 0.29) is 55.6 Å². The number of hydroxylamine groups is 1. The highest BCUT2D eigenvalue weighted by Crippen LogP contribution is 2.30. The van der Waals surface area contributed by atoms with Crippen molar-refractivity contribution in [1.82, 2.24) is 31.3 Å². The number of hydrogen-bond acceptors (Lipinski definition) is 10. The molecule has 1 aliphatic heterocycles. The summed E-state index contributed by atoms with van der Waals surface area (Å²) in [4.78, 5) is 65.1. The van der Waals surface area contributed by atoms with E-state index in [2.05, 4.69) is 31.7 Å². The average Bonchev–Trinajstić information content (AvgIpc) is 3.82. The molecule has 4 aromatic rings. The molecule has 1 aliphatic rings. The van der Waals surface area contributed by atoms with E-state index in [4.69, 9.17) is 4.84 Å². The van der Waals surface area contributed by atoms with Crippen molar-refractivity contribution in [2.75, 3.05) is 31.6 Å². The van der Waals surface area contributed by atoms with E-state index < -0.39 is 58.6 Å². The number of aliphatic hydroxyl groups excluding tert-OH is 1. The maximum Gasteiger partial charge on any atom is 0.277 e. The molecule has 0 saturated carbocycles. The predicted octanol–water partition coefficient (Wildman–Crippen LogP) is 6.11. The monoisotopic (exact) mass is 963 g/mol. The fourth-order valence-electron chi connectivity index (χ4n) is 6.54. The molecule has 5 rings (SSSR count). The minimum atomic E-state index is -1.35. The third kappa shape index (κ3) is 12.5. The first-order valence-corrected chi connectivity index (χ1v) is 21.4. The van der Waals surface area contributed by atoms with E-state index in [0.29, 0.717) is 29.5 Å². The third-order valence-corrected chi connectivity index (χ3v) is 11.4. The van der Waals surface area contributed by atoms with Gasteiger partial charge in [0.1, 0.15) is 17.9 Å². The maximum absolute atomic E-state index is 14.7. The van der Waals surface area contributed by atoms with Crippen molar-refractivity contribution in [2.45, 2.75) is 78.1 Å². The van der Waals surface area contributed by atoms with Crippen LogP contribution >= 0.6 is 33.9 Å². The lowest BCUT2D eigenvalue weighted by atomic mass is 9.85. The van der Waals surface area contributed by atoms with Crippen LogP contribution in [0.2, 0.25) is 0 Å². The van der Waals surface area contributed by atoms with Crippen LogP contribution in [-0.4, -0.2) is 83.0 Å². The summed E-state index contributed by atoms with van der Waals surface area (Å²) in [6, 6.07) is 11.9. The lowest BCUT2D eigenvalue weighted by Gasteiger charge is -2.35. The number of aliphatic hydroxyl groups is 1. The van der Waals surface area contributed by atoms with Crippen LogP contribution in [0, 0.1) is 33.4 Å². The quantitative estimate of drug-likeness (QED) is 0.0391. The summed E-state index contributed by atoms with van der Waals surface area (Å²) >= 11 is 3.46. The van der Waals surface area contributed by atoms with Gasteiger partial charge in [-0.15, -0.1) is 11.3 Å². The number of rotatable bonds is 18. The van der Waals surface area contributed by atoms with Gasteiger partial charge in [-0.05, 0) is 102 Å². The molecule has 1 aromatic heterocycles. The highest BCUT2D eigenvalue weighted by molar-refractivity contribution is 14.1. The molecule has 0 aliphatic carbocycles. The molecule has 3 aromatic carbocycles. The number of aromatic nitrogens is 1. The number of benzene rings is 3. The number of halogens is 4. The highest BCUT2D eigenvalue weighted by atomic mass is 127. The van der Waals surface area contributed by atoms with Crippen LogP contribution in [0.15, 0.2) is 60.1 Å². The van der Waals surface area contributed by atoms with Crippen LogP contribution in [0.4, 0.5) is 24.5 Å². The first-order chi connectivity index (χ1) is 28.5. The Morgan fingerprint density at radius 1 is 1.02 bits per heavy atom. The molecule has 13 nitrogen and oxygen atoms in total. The summed E-state index contributed by atoms with van der Waals surface area (Å²) in [5.41, 5.74) is 5.17. The van der Waals surface area contributed by atoms with Crippen LogP contribution < -0.4 is 26.7 Å². The van der Waals surface area contributed by atoms with Gasteiger partial charge in [-0.2, -0.15) is 0 Å². The minimum Gasteiger partial charge on any atom is -0.391 e. The van der Waals surface area contributed by atoms with Crippen LogP contribution in [0.25, 0.3) is 10.4 Å². The number of likely N-dealkylation sites (tertiary alicyclic amines) is 1. The van der Waals surface area contributed by atoms with Crippen molar-refractivity contribution < 1.29 is 42.3 Å². The molecule has 0 radical (unpaired) electrons. The smallest absolute Gasteiger partial charge is 0.277 e. The molecule has 0 bridgehead atoms. The lowest BCUT2D eigenvalue weighted by molar-refractivity contribution is -0.144. The van der Waals surface area contributed by atoms with E-state index in [9.17, 15) is 37.5 Å². The van der Waals surface area contributed by atoms with Crippen molar-refractivity contribution in [2.24, 2.45) is 5.41 Å². The summed E-state index contributed by atoms with van der Waals surface area (Å²) in [6.45, 7) is 8.61. The number of anilines is 2. The van der Waals surface area contributed by atoms with E-state index in [1.807, 2.05) is 74.6 Å². The molecule has 1 saturated heterocycles. The SMILES string of the molecule is Cc1ncsc1-c1ccc(CNC(=O)[C@@H]2C[C@@H](O)CN2C(=O)[C@@H](NC(=O)CCCNCCCONC(=O)c2ccc(F)c(F)c2Nc2ccc(I)cc2F)C(C)(C)C)cc1. The van der Waals surface area contributed by atoms with Crippen LogP contribution in [0.5, 0.6) is 0 Å². The Kier molecular flexibility index (Phi) is 16.4.